The lowest BCUT2D eigenvalue weighted by atomic mass is 9.81. The molecular formula is C13H15NO. The van der Waals surface area contributed by atoms with Gasteiger partial charge in [0.05, 0.1) is 0 Å². The third kappa shape index (κ3) is 1.94. The summed E-state index contributed by atoms with van der Waals surface area (Å²) in [7, 11) is 0. The van der Waals surface area contributed by atoms with Gasteiger partial charge in [0, 0.05) is 11.8 Å². The topological polar surface area (TPSA) is 32.9 Å². The van der Waals surface area contributed by atoms with Crippen LogP contribution >= 0.6 is 0 Å². The van der Waals surface area contributed by atoms with E-state index in [9.17, 15) is 4.79 Å². The molecule has 0 aromatic carbocycles. The summed E-state index contributed by atoms with van der Waals surface area (Å²) in [5, 5.41) is 0. The first-order valence-electron chi connectivity index (χ1n) is 5.22. The maximum absolute atomic E-state index is 11.6. The van der Waals surface area contributed by atoms with Gasteiger partial charge in [-0.3, -0.25) is 4.79 Å². The maximum Gasteiger partial charge on any atom is 0.255 e. The molecule has 0 spiro atoms. The minimum atomic E-state index is 0.0198. The van der Waals surface area contributed by atoms with E-state index in [0.29, 0.717) is 0 Å². The third-order valence-corrected chi connectivity index (χ3v) is 2.76. The highest BCUT2D eigenvalue weighted by Gasteiger charge is 2.20. The van der Waals surface area contributed by atoms with Gasteiger partial charge in [0.1, 0.15) is 0 Å². The Balaban J connectivity index is 2.37. The second-order valence-electron chi connectivity index (χ2n) is 4.13. The first kappa shape index (κ1) is 9.97. The number of hydrogen-bond donors (Lipinski definition) is 1. The van der Waals surface area contributed by atoms with E-state index in [1.165, 1.54) is 11.1 Å². The van der Waals surface area contributed by atoms with Crippen molar-refractivity contribution in [3.8, 4) is 0 Å². The van der Waals surface area contributed by atoms with Crippen molar-refractivity contribution in [2.24, 2.45) is 0 Å². The molecule has 1 N–H and O–H groups in total. The van der Waals surface area contributed by atoms with Gasteiger partial charge in [-0.2, -0.15) is 0 Å². The lowest BCUT2D eigenvalue weighted by Gasteiger charge is -2.23. The van der Waals surface area contributed by atoms with Crippen LogP contribution in [0.3, 0.4) is 0 Å². The number of aromatic nitrogens is 1. The van der Waals surface area contributed by atoms with Crippen LogP contribution in [0.2, 0.25) is 0 Å². The molecule has 0 bridgehead atoms. The number of nitrogens with one attached hydrogen (secondary N) is 1. The van der Waals surface area contributed by atoms with E-state index in [4.69, 9.17) is 0 Å². The SMILES string of the molecule is C=C(C)CC1=C(c2ccc[nH]c2=O)CC1. The van der Waals surface area contributed by atoms with Crippen LogP contribution in [0, 0.1) is 0 Å². The summed E-state index contributed by atoms with van der Waals surface area (Å²) in [6.07, 6.45) is 4.74. The number of aromatic amines is 1. The molecule has 78 valence electrons. The summed E-state index contributed by atoms with van der Waals surface area (Å²) in [4.78, 5) is 14.3. The molecular weight excluding hydrogens is 186 g/mol. The Morgan fingerprint density at radius 3 is 2.87 bits per heavy atom. The van der Waals surface area contributed by atoms with Crippen molar-refractivity contribution in [1.82, 2.24) is 4.98 Å². The van der Waals surface area contributed by atoms with Crippen molar-refractivity contribution in [3.05, 3.63) is 52.0 Å². The molecule has 0 saturated carbocycles. The van der Waals surface area contributed by atoms with Gasteiger partial charge in [0.25, 0.3) is 5.56 Å². The molecule has 1 aliphatic carbocycles. The predicted octanol–water partition coefficient (Wildman–Crippen LogP) is 2.89. The summed E-state index contributed by atoms with van der Waals surface area (Å²) in [6.45, 7) is 5.93. The van der Waals surface area contributed by atoms with Crippen LogP contribution in [0.1, 0.15) is 31.7 Å². The second kappa shape index (κ2) is 3.89. The molecule has 1 aliphatic rings. The van der Waals surface area contributed by atoms with Crippen molar-refractivity contribution in [2.45, 2.75) is 26.2 Å². The van der Waals surface area contributed by atoms with E-state index in [1.54, 1.807) is 6.20 Å². The molecule has 0 atom stereocenters. The fourth-order valence-electron chi connectivity index (χ4n) is 1.97. The molecule has 2 nitrogen and oxygen atoms in total. The first-order chi connectivity index (χ1) is 7.18. The Bertz CT molecular complexity index is 479. The fraction of sp³-hybridized carbons (Fsp3) is 0.308. The Labute approximate surface area is 89.3 Å². The lowest BCUT2D eigenvalue weighted by molar-refractivity contribution is 0.847. The van der Waals surface area contributed by atoms with Crippen LogP contribution in [0.25, 0.3) is 5.57 Å². The van der Waals surface area contributed by atoms with E-state index in [1.807, 2.05) is 19.1 Å². The van der Waals surface area contributed by atoms with E-state index in [2.05, 4.69) is 11.6 Å². The fourth-order valence-corrected chi connectivity index (χ4v) is 1.97. The number of allylic oxidation sites excluding steroid dienone is 3. The highest BCUT2D eigenvalue weighted by Crippen LogP contribution is 2.37. The monoisotopic (exact) mass is 201 g/mol. The molecule has 0 unspecified atom stereocenters. The number of H-pyrrole nitrogens is 1. The van der Waals surface area contributed by atoms with E-state index in [0.717, 1.165) is 30.4 Å². The molecule has 1 aromatic heterocycles. The van der Waals surface area contributed by atoms with Gasteiger partial charge >= 0.3 is 0 Å². The van der Waals surface area contributed by atoms with Crippen molar-refractivity contribution < 1.29 is 0 Å². The third-order valence-electron chi connectivity index (χ3n) is 2.76. The van der Waals surface area contributed by atoms with E-state index < -0.39 is 0 Å². The van der Waals surface area contributed by atoms with Crippen molar-refractivity contribution >= 4 is 5.57 Å². The summed E-state index contributed by atoms with van der Waals surface area (Å²) in [5.74, 6) is 0. The average molecular weight is 201 g/mol. The Hall–Kier alpha value is -1.57. The van der Waals surface area contributed by atoms with Crippen molar-refractivity contribution in [1.29, 1.82) is 0 Å². The second-order valence-corrected chi connectivity index (χ2v) is 4.13. The molecule has 0 amide bonds. The molecule has 1 aromatic rings. The highest BCUT2D eigenvalue weighted by molar-refractivity contribution is 5.73. The molecule has 15 heavy (non-hydrogen) atoms. The first-order valence-corrected chi connectivity index (χ1v) is 5.22. The molecule has 0 saturated heterocycles. The van der Waals surface area contributed by atoms with Crippen LogP contribution in [-0.4, -0.2) is 4.98 Å². The van der Waals surface area contributed by atoms with Crippen LogP contribution in [0.15, 0.2) is 40.8 Å². The number of hydrogen-bond acceptors (Lipinski definition) is 1. The van der Waals surface area contributed by atoms with Gasteiger partial charge < -0.3 is 4.98 Å². The van der Waals surface area contributed by atoms with Crippen molar-refractivity contribution in [2.75, 3.05) is 0 Å². The molecule has 2 heteroatoms. The Morgan fingerprint density at radius 2 is 2.33 bits per heavy atom. The largest absolute Gasteiger partial charge is 0.329 e. The van der Waals surface area contributed by atoms with Gasteiger partial charge in [-0.1, -0.05) is 17.7 Å². The molecule has 2 rings (SSSR count). The Kier molecular flexibility index (Phi) is 2.58. The summed E-state index contributed by atoms with van der Waals surface area (Å²) in [6, 6.07) is 3.77. The quantitative estimate of drug-likeness (QED) is 0.749. The molecule has 0 aliphatic heterocycles. The van der Waals surface area contributed by atoms with Crippen LogP contribution in [0.4, 0.5) is 0 Å². The van der Waals surface area contributed by atoms with Gasteiger partial charge in [-0.15, -0.1) is 0 Å². The summed E-state index contributed by atoms with van der Waals surface area (Å²) < 4.78 is 0. The van der Waals surface area contributed by atoms with E-state index >= 15 is 0 Å². The van der Waals surface area contributed by atoms with Gasteiger partial charge in [0.2, 0.25) is 0 Å². The predicted molar refractivity (Wildman–Crippen MR) is 62.6 cm³/mol. The standard InChI is InChI=1S/C13H15NO/c1-9(2)8-10-5-6-11(10)12-4-3-7-14-13(12)15/h3-4,7H,1,5-6,8H2,2H3,(H,14,15). The van der Waals surface area contributed by atoms with E-state index in [-0.39, 0.29) is 5.56 Å². The summed E-state index contributed by atoms with van der Waals surface area (Å²) >= 11 is 0. The normalized spacial score (nSPS) is 15.0. The van der Waals surface area contributed by atoms with Crippen LogP contribution in [-0.2, 0) is 0 Å². The highest BCUT2D eigenvalue weighted by atomic mass is 16.1. The van der Waals surface area contributed by atoms with Gasteiger partial charge in [-0.05, 0) is 43.9 Å². The zero-order chi connectivity index (χ0) is 10.8. The minimum absolute atomic E-state index is 0.0198. The van der Waals surface area contributed by atoms with Crippen LogP contribution < -0.4 is 5.56 Å². The number of rotatable bonds is 3. The van der Waals surface area contributed by atoms with Gasteiger partial charge in [-0.25, -0.2) is 0 Å². The zero-order valence-corrected chi connectivity index (χ0v) is 8.97. The molecule has 1 heterocycles. The van der Waals surface area contributed by atoms with Crippen LogP contribution in [0.5, 0.6) is 0 Å². The smallest absolute Gasteiger partial charge is 0.255 e. The molecule has 0 radical (unpaired) electrons. The zero-order valence-electron chi connectivity index (χ0n) is 8.97. The average Bonchev–Trinajstić information content (AvgIpc) is 2.16. The molecule has 0 fully saturated rings. The van der Waals surface area contributed by atoms with Crippen molar-refractivity contribution in [3.63, 3.8) is 0 Å². The van der Waals surface area contributed by atoms with Gasteiger partial charge in [0.15, 0.2) is 0 Å². The maximum atomic E-state index is 11.6. The lowest BCUT2D eigenvalue weighted by Crippen LogP contribution is -2.15. The summed E-state index contributed by atoms with van der Waals surface area (Å²) in [5.41, 5.74) is 4.61. The number of pyridine rings is 1. The Morgan fingerprint density at radius 1 is 1.53 bits per heavy atom. The minimum Gasteiger partial charge on any atom is -0.329 e.